The average Bonchev–Trinajstić information content (AvgIpc) is 3.61. The maximum Gasteiger partial charge on any atom is 0.338 e. The fraction of sp³-hybridized carbons (Fsp3) is 0.171. The molecule has 216 valence electrons. The summed E-state index contributed by atoms with van der Waals surface area (Å²) in [6.45, 7) is 6.22. The van der Waals surface area contributed by atoms with Crippen molar-refractivity contribution in [2.24, 2.45) is 4.99 Å². The summed E-state index contributed by atoms with van der Waals surface area (Å²) in [5, 5.41) is 0.608. The molecular weight excluding hydrogens is 580 g/mol. The Labute approximate surface area is 257 Å². The predicted octanol–water partition coefficient (Wildman–Crippen LogP) is 6.97. The van der Waals surface area contributed by atoms with Gasteiger partial charge in [-0.05, 0) is 48.2 Å². The van der Waals surface area contributed by atoms with Crippen molar-refractivity contribution >= 4 is 40.7 Å². The smallest absolute Gasteiger partial charge is 0.338 e. The van der Waals surface area contributed by atoms with Crippen molar-refractivity contribution < 1.29 is 13.9 Å². The van der Waals surface area contributed by atoms with Crippen LogP contribution in [0.25, 0.3) is 23.1 Å². The van der Waals surface area contributed by atoms with Crippen LogP contribution in [0.1, 0.15) is 55.2 Å². The van der Waals surface area contributed by atoms with Gasteiger partial charge >= 0.3 is 5.97 Å². The van der Waals surface area contributed by atoms with Crippen LogP contribution in [-0.2, 0) is 9.53 Å². The van der Waals surface area contributed by atoms with Gasteiger partial charge in [0, 0.05) is 22.2 Å². The largest absolute Gasteiger partial charge is 0.463 e. The number of thiazole rings is 1. The third-order valence-corrected chi connectivity index (χ3v) is 8.52. The number of hydrogen-bond acceptors (Lipinski definition) is 6. The molecule has 0 unspecified atom stereocenters. The first-order chi connectivity index (χ1) is 20.8. The van der Waals surface area contributed by atoms with E-state index in [0.717, 1.165) is 22.3 Å². The predicted molar refractivity (Wildman–Crippen MR) is 171 cm³/mol. The molecule has 0 radical (unpaired) electrons. The van der Waals surface area contributed by atoms with Crippen molar-refractivity contribution in [3.05, 3.63) is 144 Å². The van der Waals surface area contributed by atoms with Gasteiger partial charge in [-0.1, -0.05) is 104 Å². The molecule has 3 heterocycles. The highest BCUT2D eigenvalue weighted by Crippen LogP contribution is 2.35. The topological polar surface area (TPSA) is 73.8 Å². The number of esters is 1. The van der Waals surface area contributed by atoms with Crippen molar-refractivity contribution in [1.29, 1.82) is 0 Å². The summed E-state index contributed by atoms with van der Waals surface area (Å²) >= 11 is 7.43. The highest BCUT2D eigenvalue weighted by atomic mass is 35.5. The van der Waals surface area contributed by atoms with Crippen molar-refractivity contribution in [2.45, 2.75) is 32.7 Å². The first-order valence-electron chi connectivity index (χ1n) is 14.1. The lowest BCUT2D eigenvalue weighted by molar-refractivity contribution is -0.138. The van der Waals surface area contributed by atoms with Gasteiger partial charge in [-0.2, -0.15) is 0 Å². The first-order valence-corrected chi connectivity index (χ1v) is 15.3. The Hall–Kier alpha value is -4.46. The molecule has 3 aromatic carbocycles. The molecule has 0 saturated heterocycles. The van der Waals surface area contributed by atoms with Gasteiger partial charge < -0.3 is 9.15 Å². The number of benzene rings is 3. The standard InChI is InChI=1S/C35H29ClN2O4S/c1-4-41-34(40)30-31(23-9-6-5-7-10-23)37-35-38(32(30)24-15-13-22(14-16-24)21(2)3)33(39)29(43-35)20-27-17-18-28(42-27)25-11-8-12-26(36)19-25/h5-21,32H,4H2,1-3H3/b29-20-/t32-/m0/s1. The number of fused-ring (bicyclic) bond motifs is 1. The third kappa shape index (κ3) is 5.66. The summed E-state index contributed by atoms with van der Waals surface area (Å²) < 4.78 is 13.7. The lowest BCUT2D eigenvalue weighted by Gasteiger charge is -2.26. The maximum absolute atomic E-state index is 14.1. The number of aromatic nitrogens is 1. The van der Waals surface area contributed by atoms with Gasteiger partial charge in [-0.3, -0.25) is 9.36 Å². The van der Waals surface area contributed by atoms with Crippen LogP contribution in [0.2, 0.25) is 5.02 Å². The van der Waals surface area contributed by atoms with Crippen molar-refractivity contribution in [2.75, 3.05) is 6.61 Å². The second-order valence-electron chi connectivity index (χ2n) is 10.5. The number of carbonyl (C=O) groups is 1. The van der Waals surface area contributed by atoms with Crippen LogP contribution in [0.15, 0.2) is 111 Å². The zero-order valence-corrected chi connectivity index (χ0v) is 25.5. The molecule has 6 nitrogen and oxygen atoms in total. The van der Waals surface area contributed by atoms with Crippen molar-refractivity contribution in [3.63, 3.8) is 0 Å². The summed E-state index contributed by atoms with van der Waals surface area (Å²) in [4.78, 5) is 33.1. The fourth-order valence-electron chi connectivity index (χ4n) is 5.18. The van der Waals surface area contributed by atoms with Gasteiger partial charge in [0.05, 0.1) is 28.5 Å². The molecule has 0 amide bonds. The number of furan rings is 1. The van der Waals surface area contributed by atoms with E-state index in [2.05, 4.69) is 13.8 Å². The van der Waals surface area contributed by atoms with Crippen molar-refractivity contribution in [1.82, 2.24) is 4.57 Å². The molecule has 43 heavy (non-hydrogen) atoms. The van der Waals surface area contributed by atoms with E-state index in [9.17, 15) is 9.59 Å². The zero-order chi connectivity index (χ0) is 30.1. The van der Waals surface area contributed by atoms with Gasteiger partial charge in [0.25, 0.3) is 5.56 Å². The molecule has 0 fully saturated rings. The third-order valence-electron chi connectivity index (χ3n) is 7.30. The second kappa shape index (κ2) is 12.0. The van der Waals surface area contributed by atoms with Gasteiger partial charge in [0.15, 0.2) is 4.80 Å². The molecule has 1 aliphatic rings. The molecule has 0 aliphatic carbocycles. The highest BCUT2D eigenvalue weighted by Gasteiger charge is 2.35. The van der Waals surface area contributed by atoms with Crippen LogP contribution in [0.4, 0.5) is 0 Å². The van der Waals surface area contributed by atoms with Gasteiger partial charge in [0.2, 0.25) is 0 Å². The van der Waals surface area contributed by atoms with E-state index in [1.807, 2.05) is 84.9 Å². The Morgan fingerprint density at radius 2 is 1.77 bits per heavy atom. The minimum Gasteiger partial charge on any atom is -0.463 e. The van der Waals surface area contributed by atoms with Crippen LogP contribution in [0.5, 0.6) is 0 Å². The van der Waals surface area contributed by atoms with E-state index < -0.39 is 12.0 Å². The number of ether oxygens (including phenoxy) is 1. The van der Waals surface area contributed by atoms with E-state index in [4.69, 9.17) is 25.7 Å². The molecule has 1 atom stereocenters. The van der Waals surface area contributed by atoms with Crippen molar-refractivity contribution in [3.8, 4) is 11.3 Å². The molecule has 0 N–H and O–H groups in total. The van der Waals surface area contributed by atoms with Crippen LogP contribution in [0.3, 0.4) is 0 Å². The second-order valence-corrected chi connectivity index (χ2v) is 11.9. The number of nitrogens with zero attached hydrogens (tertiary/aromatic N) is 2. The molecule has 8 heteroatoms. The van der Waals surface area contributed by atoms with E-state index in [-0.39, 0.29) is 12.2 Å². The van der Waals surface area contributed by atoms with E-state index in [0.29, 0.717) is 43.1 Å². The van der Waals surface area contributed by atoms with Gasteiger partial charge in [-0.25, -0.2) is 9.79 Å². The Morgan fingerprint density at radius 1 is 1.02 bits per heavy atom. The number of rotatable bonds is 7. The minimum absolute atomic E-state index is 0.196. The minimum atomic E-state index is -0.729. The van der Waals surface area contributed by atoms with Crippen LogP contribution in [0, 0.1) is 0 Å². The lowest BCUT2D eigenvalue weighted by Crippen LogP contribution is -2.40. The maximum atomic E-state index is 14.1. The number of halogens is 1. The molecular formula is C35H29ClN2O4S. The lowest BCUT2D eigenvalue weighted by atomic mass is 9.91. The van der Waals surface area contributed by atoms with Gasteiger partial charge in [0.1, 0.15) is 11.5 Å². The summed E-state index contributed by atoms with van der Waals surface area (Å²) in [6.07, 6.45) is 1.72. The van der Waals surface area contributed by atoms with Crippen LogP contribution >= 0.6 is 22.9 Å². The molecule has 1 aliphatic heterocycles. The molecule has 2 aromatic heterocycles. The Morgan fingerprint density at radius 3 is 2.47 bits per heavy atom. The number of carbonyl (C=O) groups excluding carboxylic acids is 1. The Kier molecular flexibility index (Phi) is 8.02. The molecule has 0 spiro atoms. The van der Waals surface area contributed by atoms with Gasteiger partial charge in [-0.15, -0.1) is 0 Å². The number of hydrogen-bond donors (Lipinski definition) is 0. The molecule has 5 aromatic rings. The highest BCUT2D eigenvalue weighted by molar-refractivity contribution is 7.07. The fourth-order valence-corrected chi connectivity index (χ4v) is 6.35. The monoisotopic (exact) mass is 608 g/mol. The summed E-state index contributed by atoms with van der Waals surface area (Å²) in [5.41, 5.74) is 4.11. The SMILES string of the molecule is CCOC(=O)C1=C(c2ccccc2)N=c2s/c(=C\c3ccc(-c4cccc(Cl)c4)o3)c(=O)n2[C@H]1c1ccc(C(C)C)cc1. The molecule has 0 bridgehead atoms. The zero-order valence-electron chi connectivity index (χ0n) is 23.9. The molecule has 6 rings (SSSR count). The first kappa shape index (κ1) is 28.6. The summed E-state index contributed by atoms with van der Waals surface area (Å²) in [5.74, 6) is 0.988. The van der Waals surface area contributed by atoms with E-state index in [1.165, 1.54) is 11.3 Å². The normalized spacial score (nSPS) is 15.0. The Balaban J connectivity index is 1.56. The average molecular weight is 609 g/mol. The van der Waals surface area contributed by atoms with E-state index >= 15 is 0 Å². The summed E-state index contributed by atoms with van der Waals surface area (Å²) in [6, 6.07) is 27.9. The van der Waals surface area contributed by atoms with Crippen LogP contribution in [-0.4, -0.2) is 17.1 Å². The van der Waals surface area contributed by atoms with Crippen LogP contribution < -0.4 is 14.9 Å². The van der Waals surface area contributed by atoms with E-state index in [1.54, 1.807) is 23.6 Å². The Bertz CT molecular complexity index is 2020. The quantitative estimate of drug-likeness (QED) is 0.187. The summed E-state index contributed by atoms with van der Waals surface area (Å²) in [7, 11) is 0. The molecule has 0 saturated carbocycles.